The van der Waals surface area contributed by atoms with Crippen molar-refractivity contribution in [2.75, 3.05) is 14.1 Å². The molecule has 0 aliphatic heterocycles. The van der Waals surface area contributed by atoms with Crippen LogP contribution < -0.4 is 0 Å². The summed E-state index contributed by atoms with van der Waals surface area (Å²) >= 11 is 0. The Morgan fingerprint density at radius 1 is 1.67 bits per heavy atom. The molecule has 5 nitrogen and oxygen atoms in total. The van der Waals surface area contributed by atoms with Gasteiger partial charge in [0.15, 0.2) is 17.7 Å². The molecule has 5 heteroatoms. The maximum atomic E-state index is 11.2. The number of rotatable bonds is 2. The molecule has 1 heterocycles. The number of hydrogen-bond acceptors (Lipinski definition) is 4. The van der Waals surface area contributed by atoms with Crippen molar-refractivity contribution in [3.63, 3.8) is 0 Å². The number of aromatic nitrogens is 1. The van der Waals surface area contributed by atoms with Gasteiger partial charge >= 0.3 is 0 Å². The first-order valence-corrected chi connectivity index (χ1v) is 3.28. The van der Waals surface area contributed by atoms with Crippen LogP contribution >= 0.6 is 0 Å². The van der Waals surface area contributed by atoms with Gasteiger partial charge in [-0.15, -0.1) is 0 Å². The van der Waals surface area contributed by atoms with E-state index in [2.05, 4.69) is 9.68 Å². The standard InChI is InChI=1S/C7H8N2O3/c1-9(2)7(11)6-3-5(4-10)12-8-6/h3-4H,1-2H3. The molecule has 12 heavy (non-hydrogen) atoms. The average molecular weight is 168 g/mol. The molecule has 1 amide bonds. The summed E-state index contributed by atoms with van der Waals surface area (Å²) in [4.78, 5) is 22.7. The summed E-state index contributed by atoms with van der Waals surface area (Å²) < 4.78 is 4.52. The van der Waals surface area contributed by atoms with Crippen molar-refractivity contribution in [1.29, 1.82) is 0 Å². The number of aldehydes is 1. The van der Waals surface area contributed by atoms with Gasteiger partial charge in [-0.2, -0.15) is 0 Å². The number of amides is 1. The van der Waals surface area contributed by atoms with Crippen LogP contribution in [0.5, 0.6) is 0 Å². The second kappa shape index (κ2) is 3.17. The third kappa shape index (κ3) is 1.50. The first kappa shape index (κ1) is 8.45. The highest BCUT2D eigenvalue weighted by Gasteiger charge is 2.13. The van der Waals surface area contributed by atoms with Crippen LogP contribution in [0.15, 0.2) is 10.6 Å². The van der Waals surface area contributed by atoms with Gasteiger partial charge in [-0.1, -0.05) is 5.16 Å². The maximum Gasteiger partial charge on any atom is 0.275 e. The summed E-state index contributed by atoms with van der Waals surface area (Å²) in [5.74, 6) is -0.230. The largest absolute Gasteiger partial charge is 0.353 e. The fourth-order valence-corrected chi connectivity index (χ4v) is 0.675. The van der Waals surface area contributed by atoms with Gasteiger partial charge in [0, 0.05) is 20.2 Å². The maximum absolute atomic E-state index is 11.2. The predicted molar refractivity (Wildman–Crippen MR) is 39.9 cm³/mol. The molecule has 0 saturated heterocycles. The van der Waals surface area contributed by atoms with Crippen LogP contribution in [0.2, 0.25) is 0 Å². The molecule has 0 aromatic carbocycles. The van der Waals surface area contributed by atoms with Crippen LogP contribution in [0, 0.1) is 0 Å². The van der Waals surface area contributed by atoms with E-state index in [1.54, 1.807) is 14.1 Å². The second-order valence-corrected chi connectivity index (χ2v) is 2.43. The predicted octanol–water partition coefficient (Wildman–Crippen LogP) is 0.189. The zero-order chi connectivity index (χ0) is 9.14. The molecule has 1 rings (SSSR count). The molecule has 0 atom stereocenters. The van der Waals surface area contributed by atoms with Crippen molar-refractivity contribution in [2.45, 2.75) is 0 Å². The van der Waals surface area contributed by atoms with E-state index in [0.717, 1.165) is 0 Å². The average Bonchev–Trinajstić information content (AvgIpc) is 2.50. The Balaban J connectivity index is 2.89. The lowest BCUT2D eigenvalue weighted by Gasteiger charge is -2.05. The van der Waals surface area contributed by atoms with Crippen molar-refractivity contribution < 1.29 is 14.1 Å². The van der Waals surface area contributed by atoms with Crippen molar-refractivity contribution in [2.24, 2.45) is 0 Å². The Kier molecular flexibility index (Phi) is 2.23. The lowest BCUT2D eigenvalue weighted by Crippen LogP contribution is -2.21. The van der Waals surface area contributed by atoms with Crippen molar-refractivity contribution in [3.05, 3.63) is 17.5 Å². The van der Waals surface area contributed by atoms with Crippen LogP contribution in [-0.2, 0) is 0 Å². The summed E-state index contributed by atoms with van der Waals surface area (Å²) in [6.07, 6.45) is 0.499. The summed E-state index contributed by atoms with van der Waals surface area (Å²) in [7, 11) is 3.19. The number of carbonyl (C=O) groups is 2. The van der Waals surface area contributed by atoms with Gasteiger partial charge in [-0.3, -0.25) is 9.59 Å². The van der Waals surface area contributed by atoms with E-state index in [4.69, 9.17) is 0 Å². The molecular formula is C7H8N2O3. The first-order valence-electron chi connectivity index (χ1n) is 3.28. The molecule has 0 N–H and O–H groups in total. The number of carbonyl (C=O) groups excluding carboxylic acids is 2. The van der Waals surface area contributed by atoms with Gasteiger partial charge in [0.25, 0.3) is 5.91 Å². The zero-order valence-corrected chi connectivity index (χ0v) is 6.77. The van der Waals surface area contributed by atoms with Crippen LogP contribution in [0.3, 0.4) is 0 Å². The lowest BCUT2D eigenvalue weighted by molar-refractivity contribution is 0.0816. The Labute approximate surface area is 68.9 Å². The summed E-state index contributed by atoms with van der Waals surface area (Å²) in [5, 5.41) is 3.41. The Morgan fingerprint density at radius 2 is 2.33 bits per heavy atom. The fraction of sp³-hybridized carbons (Fsp3) is 0.286. The van der Waals surface area contributed by atoms with E-state index < -0.39 is 0 Å². The first-order chi connectivity index (χ1) is 5.65. The van der Waals surface area contributed by atoms with Gasteiger partial charge in [0.1, 0.15) is 0 Å². The van der Waals surface area contributed by atoms with Gasteiger partial charge < -0.3 is 9.42 Å². The van der Waals surface area contributed by atoms with Crippen molar-refractivity contribution in [3.8, 4) is 0 Å². The second-order valence-electron chi connectivity index (χ2n) is 2.43. The molecule has 0 saturated carbocycles. The highest BCUT2D eigenvalue weighted by atomic mass is 16.5. The minimum atomic E-state index is -0.285. The Bertz CT molecular complexity index is 303. The zero-order valence-electron chi connectivity index (χ0n) is 6.77. The molecule has 0 aliphatic carbocycles. The molecule has 64 valence electrons. The van der Waals surface area contributed by atoms with Gasteiger partial charge in [0.05, 0.1) is 0 Å². The molecule has 1 aromatic heterocycles. The minimum absolute atomic E-state index is 0.0557. The topological polar surface area (TPSA) is 63.4 Å². The fourth-order valence-electron chi connectivity index (χ4n) is 0.675. The van der Waals surface area contributed by atoms with E-state index in [1.807, 2.05) is 0 Å². The summed E-state index contributed by atoms with van der Waals surface area (Å²) in [6, 6.07) is 1.30. The molecule has 0 aliphatic rings. The molecule has 0 spiro atoms. The van der Waals surface area contributed by atoms with Gasteiger partial charge in [-0.25, -0.2) is 0 Å². The van der Waals surface area contributed by atoms with Crippen molar-refractivity contribution >= 4 is 12.2 Å². The number of hydrogen-bond donors (Lipinski definition) is 0. The lowest BCUT2D eigenvalue weighted by atomic mass is 10.3. The van der Waals surface area contributed by atoms with Crippen LogP contribution in [0.25, 0.3) is 0 Å². The van der Waals surface area contributed by atoms with Gasteiger partial charge in [0.2, 0.25) is 0 Å². The van der Waals surface area contributed by atoms with Gasteiger partial charge in [-0.05, 0) is 0 Å². The summed E-state index contributed by atoms with van der Waals surface area (Å²) in [5.41, 5.74) is 0.141. The van der Waals surface area contributed by atoms with Crippen LogP contribution in [-0.4, -0.2) is 36.3 Å². The van der Waals surface area contributed by atoms with E-state index >= 15 is 0 Å². The van der Waals surface area contributed by atoms with E-state index in [-0.39, 0.29) is 17.4 Å². The van der Waals surface area contributed by atoms with Crippen LogP contribution in [0.1, 0.15) is 21.0 Å². The van der Waals surface area contributed by atoms with Crippen molar-refractivity contribution in [1.82, 2.24) is 10.1 Å². The third-order valence-corrected chi connectivity index (χ3v) is 1.27. The normalized spacial score (nSPS) is 9.50. The highest BCUT2D eigenvalue weighted by Crippen LogP contribution is 2.02. The highest BCUT2D eigenvalue weighted by molar-refractivity contribution is 5.92. The molecule has 0 unspecified atom stereocenters. The molecule has 1 aromatic rings. The van der Waals surface area contributed by atoms with E-state index in [1.165, 1.54) is 11.0 Å². The van der Waals surface area contributed by atoms with E-state index in [9.17, 15) is 9.59 Å². The molecule has 0 fully saturated rings. The Hall–Kier alpha value is -1.65. The number of nitrogens with zero attached hydrogens (tertiary/aromatic N) is 2. The monoisotopic (exact) mass is 168 g/mol. The van der Waals surface area contributed by atoms with E-state index in [0.29, 0.717) is 6.29 Å². The quantitative estimate of drug-likeness (QED) is 0.591. The minimum Gasteiger partial charge on any atom is -0.353 e. The SMILES string of the molecule is CN(C)C(=O)c1cc(C=O)on1. The molecule has 0 radical (unpaired) electrons. The third-order valence-electron chi connectivity index (χ3n) is 1.27. The molecule has 0 bridgehead atoms. The Morgan fingerprint density at radius 3 is 2.75 bits per heavy atom. The van der Waals surface area contributed by atoms with Crippen LogP contribution in [0.4, 0.5) is 0 Å². The summed E-state index contributed by atoms with van der Waals surface area (Å²) in [6.45, 7) is 0. The molecular weight excluding hydrogens is 160 g/mol. The smallest absolute Gasteiger partial charge is 0.275 e.